The molecular formula is C10H16BrNO. The molecule has 0 spiro atoms. The molecule has 0 saturated carbocycles. The summed E-state index contributed by atoms with van der Waals surface area (Å²) >= 11 is 3.32. The second kappa shape index (κ2) is 6.97. The lowest BCUT2D eigenvalue weighted by Crippen LogP contribution is -2.34. The first kappa shape index (κ1) is 12.5. The zero-order valence-electron chi connectivity index (χ0n) is 8.14. The summed E-state index contributed by atoms with van der Waals surface area (Å²) in [6.07, 6.45) is 6.65. The van der Waals surface area contributed by atoms with Crippen LogP contribution in [0, 0.1) is 18.3 Å². The summed E-state index contributed by atoms with van der Waals surface area (Å²) in [6, 6.07) is 0. The van der Waals surface area contributed by atoms with Gasteiger partial charge in [0.05, 0.1) is 4.83 Å². The number of alkyl halides is 1. The van der Waals surface area contributed by atoms with Gasteiger partial charge < -0.3 is 5.32 Å². The molecule has 0 fully saturated rings. The predicted molar refractivity (Wildman–Crippen MR) is 58.6 cm³/mol. The summed E-state index contributed by atoms with van der Waals surface area (Å²) in [5.41, 5.74) is 0. The van der Waals surface area contributed by atoms with Crippen molar-refractivity contribution in [2.75, 3.05) is 6.54 Å². The van der Waals surface area contributed by atoms with Crippen LogP contribution >= 0.6 is 15.9 Å². The number of halogens is 1. The topological polar surface area (TPSA) is 29.1 Å². The van der Waals surface area contributed by atoms with Gasteiger partial charge in [-0.3, -0.25) is 4.79 Å². The maximum atomic E-state index is 11.3. The first-order valence-corrected chi connectivity index (χ1v) is 5.36. The molecule has 2 nitrogen and oxygen atoms in total. The Bertz CT molecular complexity index is 196. The highest BCUT2D eigenvalue weighted by Crippen LogP contribution is 2.11. The largest absolute Gasteiger partial charge is 0.355 e. The third kappa shape index (κ3) is 5.70. The quantitative estimate of drug-likeness (QED) is 0.448. The number of unbranched alkanes of at least 4 members (excludes halogenated alkanes) is 1. The normalized spacial score (nSPS) is 12.2. The molecule has 13 heavy (non-hydrogen) atoms. The number of terminal acetylenes is 1. The molecule has 0 bridgehead atoms. The van der Waals surface area contributed by atoms with Crippen molar-refractivity contribution in [1.82, 2.24) is 5.32 Å². The molecule has 3 heteroatoms. The Hall–Kier alpha value is -0.490. The minimum Gasteiger partial charge on any atom is -0.355 e. The molecule has 0 aliphatic carbocycles. The van der Waals surface area contributed by atoms with Crippen molar-refractivity contribution in [3.05, 3.63) is 0 Å². The molecule has 0 rings (SSSR count). The number of carbonyl (C=O) groups is 1. The molecule has 74 valence electrons. The first-order valence-electron chi connectivity index (χ1n) is 4.44. The number of amides is 1. The number of hydrogen-bond donors (Lipinski definition) is 1. The molecule has 0 aliphatic heterocycles. The van der Waals surface area contributed by atoms with Crippen molar-refractivity contribution >= 4 is 21.8 Å². The van der Waals surface area contributed by atoms with Gasteiger partial charge >= 0.3 is 0 Å². The van der Waals surface area contributed by atoms with Crippen molar-refractivity contribution in [1.29, 1.82) is 0 Å². The number of carbonyl (C=O) groups excluding carboxylic acids is 1. The third-order valence-corrected chi connectivity index (χ3v) is 3.11. The summed E-state index contributed by atoms with van der Waals surface area (Å²) in [6.45, 7) is 4.67. The number of hydrogen-bond acceptors (Lipinski definition) is 1. The van der Waals surface area contributed by atoms with Gasteiger partial charge in [0.25, 0.3) is 0 Å². The van der Waals surface area contributed by atoms with E-state index in [1.54, 1.807) is 0 Å². The highest BCUT2D eigenvalue weighted by atomic mass is 79.9. The van der Waals surface area contributed by atoms with Gasteiger partial charge in [0.1, 0.15) is 0 Å². The predicted octanol–water partition coefficient (Wildman–Crippen LogP) is 1.94. The lowest BCUT2D eigenvalue weighted by Gasteiger charge is -2.13. The number of rotatable bonds is 5. The SMILES string of the molecule is C#CCCCNC(=O)C(Br)C(C)C. The molecule has 1 atom stereocenters. The standard InChI is InChI=1S/C10H16BrNO/c1-4-5-6-7-12-10(13)9(11)8(2)3/h1,8-9H,5-7H2,2-3H3,(H,12,13). The molecule has 0 aromatic rings. The summed E-state index contributed by atoms with van der Waals surface area (Å²) in [5.74, 6) is 2.89. The lowest BCUT2D eigenvalue weighted by molar-refractivity contribution is -0.121. The molecular weight excluding hydrogens is 230 g/mol. The minimum absolute atomic E-state index is 0.0482. The molecule has 0 radical (unpaired) electrons. The van der Waals surface area contributed by atoms with Crippen LogP contribution in [0.3, 0.4) is 0 Å². The van der Waals surface area contributed by atoms with Crippen LogP contribution in [0.25, 0.3) is 0 Å². The van der Waals surface area contributed by atoms with E-state index in [2.05, 4.69) is 27.2 Å². The van der Waals surface area contributed by atoms with Crippen LogP contribution < -0.4 is 5.32 Å². The van der Waals surface area contributed by atoms with Gasteiger partial charge in [0, 0.05) is 13.0 Å². The van der Waals surface area contributed by atoms with Crippen molar-refractivity contribution in [2.45, 2.75) is 31.5 Å². The lowest BCUT2D eigenvalue weighted by atomic mass is 10.1. The highest BCUT2D eigenvalue weighted by molar-refractivity contribution is 9.10. The Morgan fingerprint density at radius 3 is 2.69 bits per heavy atom. The summed E-state index contributed by atoms with van der Waals surface area (Å²) < 4.78 is 0. The van der Waals surface area contributed by atoms with Crippen LogP contribution in [-0.2, 0) is 4.79 Å². The van der Waals surface area contributed by atoms with Crippen LogP contribution in [0.5, 0.6) is 0 Å². The Morgan fingerprint density at radius 2 is 2.23 bits per heavy atom. The highest BCUT2D eigenvalue weighted by Gasteiger charge is 2.17. The second-order valence-corrected chi connectivity index (χ2v) is 4.23. The molecule has 1 unspecified atom stereocenters. The van der Waals surface area contributed by atoms with Crippen LogP contribution in [0.2, 0.25) is 0 Å². The van der Waals surface area contributed by atoms with Crippen molar-refractivity contribution in [3.8, 4) is 12.3 Å². The minimum atomic E-state index is -0.0988. The zero-order chi connectivity index (χ0) is 10.3. The average Bonchev–Trinajstić information content (AvgIpc) is 2.10. The van der Waals surface area contributed by atoms with Gasteiger partial charge in [0.2, 0.25) is 5.91 Å². The molecule has 0 aromatic heterocycles. The maximum Gasteiger partial charge on any atom is 0.234 e. The van der Waals surface area contributed by atoms with E-state index in [0.717, 1.165) is 12.8 Å². The van der Waals surface area contributed by atoms with Crippen molar-refractivity contribution in [2.24, 2.45) is 5.92 Å². The van der Waals surface area contributed by atoms with E-state index < -0.39 is 0 Å². The molecule has 0 aromatic carbocycles. The van der Waals surface area contributed by atoms with Gasteiger partial charge in [-0.2, -0.15) is 0 Å². The molecule has 1 N–H and O–H groups in total. The van der Waals surface area contributed by atoms with E-state index in [0.29, 0.717) is 12.5 Å². The summed E-state index contributed by atoms with van der Waals surface area (Å²) in [7, 11) is 0. The Kier molecular flexibility index (Phi) is 6.70. The van der Waals surface area contributed by atoms with E-state index in [1.807, 2.05) is 13.8 Å². The van der Waals surface area contributed by atoms with Crippen LogP contribution in [0.15, 0.2) is 0 Å². The Balaban J connectivity index is 3.57. The van der Waals surface area contributed by atoms with Gasteiger partial charge in [-0.1, -0.05) is 29.8 Å². The van der Waals surface area contributed by atoms with E-state index in [4.69, 9.17) is 6.42 Å². The molecule has 0 aliphatic rings. The fourth-order valence-electron chi connectivity index (χ4n) is 0.802. The molecule has 1 amide bonds. The van der Waals surface area contributed by atoms with Crippen LogP contribution in [0.1, 0.15) is 26.7 Å². The Morgan fingerprint density at radius 1 is 1.62 bits per heavy atom. The first-order chi connectivity index (χ1) is 6.09. The molecule has 0 heterocycles. The monoisotopic (exact) mass is 245 g/mol. The smallest absolute Gasteiger partial charge is 0.234 e. The van der Waals surface area contributed by atoms with Gasteiger partial charge in [0.15, 0.2) is 0 Å². The third-order valence-electron chi connectivity index (χ3n) is 1.63. The van der Waals surface area contributed by atoms with E-state index in [1.165, 1.54) is 0 Å². The molecule has 0 saturated heterocycles. The van der Waals surface area contributed by atoms with Gasteiger partial charge in [-0.15, -0.1) is 12.3 Å². The Labute approximate surface area is 88.6 Å². The van der Waals surface area contributed by atoms with Gasteiger partial charge in [-0.05, 0) is 12.3 Å². The maximum absolute atomic E-state index is 11.3. The summed E-state index contributed by atoms with van der Waals surface area (Å²) in [4.78, 5) is 11.2. The van der Waals surface area contributed by atoms with E-state index >= 15 is 0 Å². The average molecular weight is 246 g/mol. The van der Waals surface area contributed by atoms with E-state index in [9.17, 15) is 4.79 Å². The zero-order valence-corrected chi connectivity index (χ0v) is 9.73. The summed E-state index contributed by atoms with van der Waals surface area (Å²) in [5, 5.41) is 2.82. The van der Waals surface area contributed by atoms with Crippen molar-refractivity contribution in [3.63, 3.8) is 0 Å². The van der Waals surface area contributed by atoms with Crippen LogP contribution in [0.4, 0.5) is 0 Å². The van der Waals surface area contributed by atoms with Gasteiger partial charge in [-0.25, -0.2) is 0 Å². The number of nitrogens with one attached hydrogen (secondary N) is 1. The fraction of sp³-hybridized carbons (Fsp3) is 0.700. The van der Waals surface area contributed by atoms with Crippen LogP contribution in [-0.4, -0.2) is 17.3 Å². The fourth-order valence-corrected chi connectivity index (χ4v) is 0.964. The van der Waals surface area contributed by atoms with E-state index in [-0.39, 0.29) is 10.7 Å². The van der Waals surface area contributed by atoms with Crippen molar-refractivity contribution < 1.29 is 4.79 Å². The second-order valence-electron chi connectivity index (χ2n) is 3.24.